The van der Waals surface area contributed by atoms with Crippen LogP contribution >= 0.6 is 0 Å². The van der Waals surface area contributed by atoms with Crippen molar-refractivity contribution in [3.05, 3.63) is 0 Å². The van der Waals surface area contributed by atoms with Gasteiger partial charge in [0, 0.05) is 20.8 Å². The van der Waals surface area contributed by atoms with Crippen LogP contribution in [0.2, 0.25) is 0 Å². The van der Waals surface area contributed by atoms with Crippen LogP contribution in [0.5, 0.6) is 0 Å². The van der Waals surface area contributed by atoms with Crippen LogP contribution < -0.4 is 5.32 Å². The molecular weight excluding hydrogens is 206 g/mol. The molecule has 0 saturated heterocycles. The van der Waals surface area contributed by atoms with Gasteiger partial charge in [-0.25, -0.2) is 0 Å². The Kier molecular flexibility index (Phi) is 6.28. The minimum atomic E-state index is -0.222. The van der Waals surface area contributed by atoms with E-state index in [0.29, 0.717) is 5.92 Å². The summed E-state index contributed by atoms with van der Waals surface area (Å²) in [6.07, 6.45) is 4.09. The van der Waals surface area contributed by atoms with Crippen LogP contribution in [0.1, 0.15) is 32.6 Å². The molecule has 96 valence electrons. The molecule has 0 spiro atoms. The van der Waals surface area contributed by atoms with E-state index in [4.69, 9.17) is 9.47 Å². The summed E-state index contributed by atoms with van der Waals surface area (Å²) in [6.45, 7) is 2.87. The fraction of sp³-hybridized carbons (Fsp3) is 1.00. The molecule has 0 aromatic carbocycles. The Bertz CT molecular complexity index is 185. The molecule has 0 bridgehead atoms. The van der Waals surface area contributed by atoms with Gasteiger partial charge >= 0.3 is 0 Å². The van der Waals surface area contributed by atoms with Gasteiger partial charge < -0.3 is 19.9 Å². The molecule has 0 heterocycles. The first-order valence-electron chi connectivity index (χ1n) is 6.16. The second kappa shape index (κ2) is 7.22. The molecule has 0 aromatic rings. The molecule has 0 amide bonds. The van der Waals surface area contributed by atoms with Gasteiger partial charge in [0.05, 0.1) is 12.1 Å². The largest absolute Gasteiger partial charge is 0.393 e. The number of aliphatic hydroxyl groups excluding tert-OH is 1. The van der Waals surface area contributed by atoms with E-state index in [1.807, 2.05) is 6.92 Å². The smallest absolute Gasteiger partial charge is 0.171 e. The minimum absolute atomic E-state index is 0.142. The summed E-state index contributed by atoms with van der Waals surface area (Å²) in [7, 11) is 3.28. The molecule has 4 heteroatoms. The number of methoxy groups -OCH3 is 2. The van der Waals surface area contributed by atoms with Crippen molar-refractivity contribution in [2.24, 2.45) is 5.92 Å². The summed E-state index contributed by atoms with van der Waals surface area (Å²) in [5, 5.41) is 13.2. The fourth-order valence-electron chi connectivity index (χ4n) is 2.36. The molecule has 3 unspecified atom stereocenters. The summed E-state index contributed by atoms with van der Waals surface area (Å²) < 4.78 is 10.4. The molecule has 1 fully saturated rings. The Morgan fingerprint density at radius 1 is 1.25 bits per heavy atom. The lowest BCUT2D eigenvalue weighted by atomic mass is 9.86. The molecule has 2 N–H and O–H groups in total. The molecule has 0 aromatic heterocycles. The molecule has 16 heavy (non-hydrogen) atoms. The van der Waals surface area contributed by atoms with E-state index >= 15 is 0 Å². The van der Waals surface area contributed by atoms with Crippen LogP contribution in [0.15, 0.2) is 0 Å². The van der Waals surface area contributed by atoms with Gasteiger partial charge in [-0.2, -0.15) is 0 Å². The molecule has 1 rings (SSSR count). The lowest BCUT2D eigenvalue weighted by Crippen LogP contribution is -2.44. The average molecular weight is 231 g/mol. The van der Waals surface area contributed by atoms with Crippen molar-refractivity contribution in [1.29, 1.82) is 0 Å². The third-order valence-electron chi connectivity index (χ3n) is 3.44. The second-order valence-electron chi connectivity index (χ2n) is 4.65. The molecular formula is C12H25NO3. The lowest BCUT2D eigenvalue weighted by Gasteiger charge is -2.30. The second-order valence-corrected chi connectivity index (χ2v) is 4.65. The predicted molar refractivity (Wildman–Crippen MR) is 63.2 cm³/mol. The Morgan fingerprint density at radius 2 is 1.88 bits per heavy atom. The molecule has 1 aliphatic carbocycles. The van der Waals surface area contributed by atoms with Crippen molar-refractivity contribution in [1.82, 2.24) is 5.32 Å². The predicted octanol–water partition coefficient (Wildman–Crippen LogP) is 1.13. The third-order valence-corrected chi connectivity index (χ3v) is 3.44. The number of nitrogens with one attached hydrogen (secondary N) is 1. The Morgan fingerprint density at radius 3 is 2.44 bits per heavy atom. The van der Waals surface area contributed by atoms with Crippen LogP contribution in [0.4, 0.5) is 0 Å². The van der Waals surface area contributed by atoms with E-state index in [1.54, 1.807) is 14.2 Å². The maximum atomic E-state index is 9.83. The summed E-state index contributed by atoms with van der Waals surface area (Å²) >= 11 is 0. The van der Waals surface area contributed by atoms with E-state index < -0.39 is 0 Å². The average Bonchev–Trinajstić information content (AvgIpc) is 2.29. The van der Waals surface area contributed by atoms with E-state index in [0.717, 1.165) is 25.8 Å². The molecule has 0 aliphatic heterocycles. The van der Waals surface area contributed by atoms with Gasteiger partial charge in [-0.05, 0) is 25.7 Å². The number of aliphatic hydroxyl groups is 1. The topological polar surface area (TPSA) is 50.7 Å². The van der Waals surface area contributed by atoms with Gasteiger partial charge in [0.2, 0.25) is 0 Å². The van der Waals surface area contributed by atoms with Crippen molar-refractivity contribution in [3.63, 3.8) is 0 Å². The maximum absolute atomic E-state index is 9.83. The van der Waals surface area contributed by atoms with Crippen molar-refractivity contribution < 1.29 is 14.6 Å². The minimum Gasteiger partial charge on any atom is -0.393 e. The quantitative estimate of drug-likeness (QED) is 0.673. The van der Waals surface area contributed by atoms with E-state index in [-0.39, 0.29) is 18.4 Å². The SMILES string of the molecule is COC(OC)C(C)NCC1CCCCC1O. The number of hydrogen-bond acceptors (Lipinski definition) is 4. The van der Waals surface area contributed by atoms with Gasteiger partial charge in [-0.3, -0.25) is 0 Å². The number of ether oxygens (including phenoxy) is 2. The van der Waals surface area contributed by atoms with Gasteiger partial charge in [0.15, 0.2) is 6.29 Å². The van der Waals surface area contributed by atoms with Gasteiger partial charge in [-0.15, -0.1) is 0 Å². The van der Waals surface area contributed by atoms with Crippen molar-refractivity contribution in [2.45, 2.75) is 51.0 Å². The Labute approximate surface area is 98.3 Å². The van der Waals surface area contributed by atoms with E-state index in [2.05, 4.69) is 5.32 Å². The summed E-state index contributed by atoms with van der Waals surface area (Å²) in [6, 6.07) is 0.143. The highest BCUT2D eigenvalue weighted by molar-refractivity contribution is 4.78. The van der Waals surface area contributed by atoms with Crippen molar-refractivity contribution in [2.75, 3.05) is 20.8 Å². The zero-order chi connectivity index (χ0) is 12.0. The Balaban J connectivity index is 2.26. The van der Waals surface area contributed by atoms with Gasteiger partial charge in [0.1, 0.15) is 0 Å². The van der Waals surface area contributed by atoms with Gasteiger partial charge in [0.25, 0.3) is 0 Å². The highest BCUT2D eigenvalue weighted by Crippen LogP contribution is 2.23. The molecule has 0 radical (unpaired) electrons. The molecule has 4 nitrogen and oxygen atoms in total. The standard InChI is InChI=1S/C12H25NO3/c1-9(12(15-2)16-3)13-8-10-6-4-5-7-11(10)14/h9-14H,4-8H2,1-3H3. The molecule has 1 aliphatic rings. The van der Waals surface area contributed by atoms with Crippen molar-refractivity contribution >= 4 is 0 Å². The first kappa shape index (κ1) is 13.9. The van der Waals surface area contributed by atoms with E-state index in [1.165, 1.54) is 6.42 Å². The summed E-state index contributed by atoms with van der Waals surface area (Å²) in [5.41, 5.74) is 0. The van der Waals surface area contributed by atoms with Crippen LogP contribution in [0, 0.1) is 5.92 Å². The van der Waals surface area contributed by atoms with Crippen molar-refractivity contribution in [3.8, 4) is 0 Å². The van der Waals surface area contributed by atoms with Crippen LogP contribution in [-0.2, 0) is 9.47 Å². The van der Waals surface area contributed by atoms with Crippen LogP contribution in [0.25, 0.3) is 0 Å². The zero-order valence-corrected chi connectivity index (χ0v) is 10.6. The Hall–Kier alpha value is -0.160. The monoisotopic (exact) mass is 231 g/mol. The molecule has 1 saturated carbocycles. The number of hydrogen-bond donors (Lipinski definition) is 2. The first-order valence-corrected chi connectivity index (χ1v) is 6.16. The highest BCUT2D eigenvalue weighted by atomic mass is 16.7. The molecule has 3 atom stereocenters. The third kappa shape index (κ3) is 4.01. The zero-order valence-electron chi connectivity index (χ0n) is 10.6. The highest BCUT2D eigenvalue weighted by Gasteiger charge is 2.24. The first-order chi connectivity index (χ1) is 7.69. The van der Waals surface area contributed by atoms with E-state index in [9.17, 15) is 5.11 Å². The normalized spacial score (nSPS) is 28.3. The summed E-state index contributed by atoms with van der Waals surface area (Å²) in [5.74, 6) is 0.380. The summed E-state index contributed by atoms with van der Waals surface area (Å²) in [4.78, 5) is 0. The van der Waals surface area contributed by atoms with Gasteiger partial charge in [-0.1, -0.05) is 12.8 Å². The maximum Gasteiger partial charge on any atom is 0.171 e. The fourth-order valence-corrected chi connectivity index (χ4v) is 2.36. The van der Waals surface area contributed by atoms with Crippen LogP contribution in [-0.4, -0.2) is 44.3 Å². The van der Waals surface area contributed by atoms with Crippen LogP contribution in [0.3, 0.4) is 0 Å². The number of rotatable bonds is 6. The lowest BCUT2D eigenvalue weighted by molar-refractivity contribution is -0.120.